The van der Waals surface area contributed by atoms with Crippen molar-refractivity contribution in [2.75, 3.05) is 7.11 Å². The molecular formula is C24H20N2O2. The summed E-state index contributed by atoms with van der Waals surface area (Å²) in [7, 11) is 1.61. The lowest BCUT2D eigenvalue weighted by Gasteiger charge is -2.07. The maximum atomic E-state index is 12.5. The van der Waals surface area contributed by atoms with Gasteiger partial charge in [0.2, 0.25) is 0 Å². The van der Waals surface area contributed by atoms with Gasteiger partial charge in [-0.1, -0.05) is 42.5 Å². The topological polar surface area (TPSA) is 44.1 Å². The molecule has 0 amide bonds. The second kappa shape index (κ2) is 7.92. The summed E-state index contributed by atoms with van der Waals surface area (Å²) >= 11 is 0. The van der Waals surface area contributed by atoms with Crippen LogP contribution in [0.3, 0.4) is 0 Å². The molecule has 0 N–H and O–H groups in total. The van der Waals surface area contributed by atoms with Crippen LogP contribution in [-0.2, 0) is 6.54 Å². The van der Waals surface area contributed by atoms with Crippen molar-refractivity contribution in [1.29, 1.82) is 0 Å². The minimum atomic E-state index is -0.0685. The maximum Gasteiger partial charge on any atom is 0.185 e. The number of hydrogen-bond acceptors (Lipinski definition) is 3. The van der Waals surface area contributed by atoms with Crippen LogP contribution in [0.15, 0.2) is 84.9 Å². The van der Waals surface area contributed by atoms with Gasteiger partial charge in [-0.2, -0.15) is 0 Å². The SMILES string of the molecule is COc1ccc(C(=O)C=Cc2nc3ccccc3n2Cc2ccccc2)cc1. The van der Waals surface area contributed by atoms with Gasteiger partial charge in [0.05, 0.1) is 18.1 Å². The Hall–Kier alpha value is -3.66. The molecule has 0 bridgehead atoms. The second-order valence-corrected chi connectivity index (χ2v) is 6.46. The molecule has 0 saturated carbocycles. The molecule has 0 radical (unpaired) electrons. The summed E-state index contributed by atoms with van der Waals surface area (Å²) < 4.78 is 7.27. The number of methoxy groups -OCH3 is 1. The molecular weight excluding hydrogens is 348 g/mol. The molecule has 4 aromatic rings. The number of ketones is 1. The minimum absolute atomic E-state index is 0.0685. The fourth-order valence-corrected chi connectivity index (χ4v) is 3.16. The lowest BCUT2D eigenvalue weighted by atomic mass is 10.1. The fraction of sp³-hybridized carbons (Fsp3) is 0.0833. The molecule has 0 saturated heterocycles. The van der Waals surface area contributed by atoms with Gasteiger partial charge in [-0.25, -0.2) is 4.98 Å². The Kier molecular flexibility index (Phi) is 5.02. The van der Waals surface area contributed by atoms with Gasteiger partial charge in [0.1, 0.15) is 11.6 Å². The summed E-state index contributed by atoms with van der Waals surface area (Å²) in [5.74, 6) is 1.41. The first-order valence-electron chi connectivity index (χ1n) is 9.10. The Bertz CT molecular complexity index is 1130. The molecule has 3 aromatic carbocycles. The number of hydrogen-bond donors (Lipinski definition) is 0. The molecule has 4 heteroatoms. The molecule has 1 heterocycles. The highest BCUT2D eigenvalue weighted by atomic mass is 16.5. The first-order chi connectivity index (χ1) is 13.7. The standard InChI is InChI=1S/C24H20N2O2/c1-28-20-13-11-19(12-14-20)23(27)15-16-24-25-21-9-5-6-10-22(21)26(24)17-18-7-3-2-4-8-18/h2-16H,17H2,1H3. The molecule has 28 heavy (non-hydrogen) atoms. The van der Waals surface area contributed by atoms with Crippen LogP contribution < -0.4 is 4.74 Å². The molecule has 0 unspecified atom stereocenters. The maximum absolute atomic E-state index is 12.5. The number of fused-ring (bicyclic) bond motifs is 1. The van der Waals surface area contributed by atoms with E-state index in [4.69, 9.17) is 9.72 Å². The third-order valence-electron chi connectivity index (χ3n) is 4.63. The predicted molar refractivity (Wildman–Crippen MR) is 112 cm³/mol. The van der Waals surface area contributed by atoms with Crippen molar-refractivity contribution < 1.29 is 9.53 Å². The molecule has 4 nitrogen and oxygen atoms in total. The number of imidazole rings is 1. The molecule has 0 aliphatic heterocycles. The van der Waals surface area contributed by atoms with Gasteiger partial charge in [-0.15, -0.1) is 0 Å². The van der Waals surface area contributed by atoms with E-state index < -0.39 is 0 Å². The van der Waals surface area contributed by atoms with E-state index in [0.717, 1.165) is 22.6 Å². The predicted octanol–water partition coefficient (Wildman–Crippen LogP) is 4.99. The number of aromatic nitrogens is 2. The summed E-state index contributed by atoms with van der Waals surface area (Å²) in [5.41, 5.74) is 3.75. The minimum Gasteiger partial charge on any atom is -0.497 e. The van der Waals surface area contributed by atoms with E-state index >= 15 is 0 Å². The van der Waals surface area contributed by atoms with E-state index in [2.05, 4.69) is 16.7 Å². The van der Waals surface area contributed by atoms with Crippen LogP contribution in [0.1, 0.15) is 21.7 Å². The second-order valence-electron chi connectivity index (χ2n) is 6.46. The van der Waals surface area contributed by atoms with Crippen molar-refractivity contribution in [3.8, 4) is 5.75 Å². The summed E-state index contributed by atoms with van der Waals surface area (Å²) in [6.07, 6.45) is 3.36. The Morgan fingerprint density at radius 2 is 1.68 bits per heavy atom. The summed E-state index contributed by atoms with van der Waals surface area (Å²) in [4.78, 5) is 17.2. The Balaban J connectivity index is 1.66. The summed E-state index contributed by atoms with van der Waals surface area (Å²) in [5, 5.41) is 0. The summed E-state index contributed by atoms with van der Waals surface area (Å²) in [6.45, 7) is 0.692. The Morgan fingerprint density at radius 3 is 2.43 bits per heavy atom. The number of carbonyl (C=O) groups is 1. The molecule has 0 fully saturated rings. The molecule has 0 aliphatic rings. The van der Waals surface area contributed by atoms with Crippen LogP contribution in [0, 0.1) is 0 Å². The van der Waals surface area contributed by atoms with E-state index in [-0.39, 0.29) is 5.78 Å². The van der Waals surface area contributed by atoms with Gasteiger partial charge in [-0.05, 0) is 54.1 Å². The Labute approximate surface area is 163 Å². The Morgan fingerprint density at radius 1 is 0.964 bits per heavy atom. The third kappa shape index (κ3) is 3.71. The van der Waals surface area contributed by atoms with Gasteiger partial charge in [0.15, 0.2) is 5.78 Å². The van der Waals surface area contributed by atoms with Crippen LogP contribution in [0.25, 0.3) is 17.1 Å². The van der Waals surface area contributed by atoms with E-state index in [1.807, 2.05) is 42.5 Å². The largest absolute Gasteiger partial charge is 0.497 e. The van der Waals surface area contributed by atoms with Gasteiger partial charge in [-0.3, -0.25) is 4.79 Å². The average molecular weight is 368 g/mol. The highest BCUT2D eigenvalue weighted by molar-refractivity contribution is 6.06. The van der Waals surface area contributed by atoms with E-state index in [1.54, 1.807) is 43.5 Å². The zero-order valence-corrected chi connectivity index (χ0v) is 15.6. The highest BCUT2D eigenvalue weighted by Crippen LogP contribution is 2.19. The molecule has 138 valence electrons. The van der Waals surface area contributed by atoms with Crippen LogP contribution in [0.5, 0.6) is 5.75 Å². The van der Waals surface area contributed by atoms with Crippen LogP contribution in [0.4, 0.5) is 0 Å². The number of carbonyl (C=O) groups excluding carboxylic acids is 1. The molecule has 0 atom stereocenters. The van der Waals surface area contributed by atoms with Crippen LogP contribution in [-0.4, -0.2) is 22.4 Å². The third-order valence-corrected chi connectivity index (χ3v) is 4.63. The first-order valence-corrected chi connectivity index (χ1v) is 9.10. The van der Waals surface area contributed by atoms with E-state index in [9.17, 15) is 4.79 Å². The van der Waals surface area contributed by atoms with Crippen molar-refractivity contribution >= 4 is 22.9 Å². The number of allylic oxidation sites excluding steroid dienone is 1. The monoisotopic (exact) mass is 368 g/mol. The van der Waals surface area contributed by atoms with E-state index in [0.29, 0.717) is 12.1 Å². The number of rotatable bonds is 6. The van der Waals surface area contributed by atoms with E-state index in [1.165, 1.54) is 5.56 Å². The lowest BCUT2D eigenvalue weighted by Crippen LogP contribution is -2.02. The molecule has 1 aromatic heterocycles. The summed E-state index contributed by atoms with van der Waals surface area (Å²) in [6, 6.07) is 25.3. The van der Waals surface area contributed by atoms with Crippen molar-refractivity contribution in [3.05, 3.63) is 102 Å². The smallest absolute Gasteiger partial charge is 0.185 e. The first kappa shape index (κ1) is 17.7. The average Bonchev–Trinajstić information content (AvgIpc) is 3.10. The fourth-order valence-electron chi connectivity index (χ4n) is 3.16. The number of benzene rings is 3. The van der Waals surface area contributed by atoms with Gasteiger partial charge in [0.25, 0.3) is 0 Å². The molecule has 4 rings (SSSR count). The van der Waals surface area contributed by atoms with Gasteiger partial charge >= 0.3 is 0 Å². The number of ether oxygens (including phenoxy) is 1. The zero-order chi connectivity index (χ0) is 19.3. The number of nitrogens with zero attached hydrogens (tertiary/aromatic N) is 2. The molecule has 0 spiro atoms. The number of para-hydroxylation sites is 2. The van der Waals surface area contributed by atoms with Crippen LogP contribution >= 0.6 is 0 Å². The zero-order valence-electron chi connectivity index (χ0n) is 15.6. The highest BCUT2D eigenvalue weighted by Gasteiger charge is 2.10. The van der Waals surface area contributed by atoms with Crippen LogP contribution in [0.2, 0.25) is 0 Å². The normalized spacial score (nSPS) is 11.2. The van der Waals surface area contributed by atoms with Crippen molar-refractivity contribution in [3.63, 3.8) is 0 Å². The van der Waals surface area contributed by atoms with Crippen molar-refractivity contribution in [2.45, 2.75) is 6.54 Å². The van der Waals surface area contributed by atoms with Crippen molar-refractivity contribution in [1.82, 2.24) is 9.55 Å². The van der Waals surface area contributed by atoms with Crippen molar-refractivity contribution in [2.24, 2.45) is 0 Å². The van der Waals surface area contributed by atoms with Gasteiger partial charge in [0, 0.05) is 12.1 Å². The van der Waals surface area contributed by atoms with Gasteiger partial charge < -0.3 is 9.30 Å². The quantitative estimate of drug-likeness (QED) is 0.356. The lowest BCUT2D eigenvalue weighted by molar-refractivity contribution is 0.104. The molecule has 0 aliphatic carbocycles.